The molecule has 0 bridgehead atoms. The first kappa shape index (κ1) is 46.1. The number of thioether (sulfide) groups is 1. The number of unbranched alkanes of at least 4 members (excludes halogenated alkanes) is 2. The highest BCUT2D eigenvalue weighted by Gasteiger charge is 2.65. The second-order valence-electron chi connectivity index (χ2n) is 16.8. The molecule has 1 fully saturated rings. The molecular weight excluding hydrogens is 845 g/mol. The summed E-state index contributed by atoms with van der Waals surface area (Å²) in [4.78, 5) is 23.5. The fourth-order valence-electron chi connectivity index (χ4n) is 9.99. The van der Waals surface area contributed by atoms with Crippen molar-refractivity contribution in [2.75, 3.05) is 46.1 Å². The normalized spacial score (nSPS) is 23.1. The van der Waals surface area contributed by atoms with E-state index in [-0.39, 0.29) is 63.9 Å². The lowest BCUT2D eigenvalue weighted by Crippen LogP contribution is -2.70. The molecule has 1 saturated carbocycles. The molecule has 8 rings (SSSR count). The Bertz CT molecular complexity index is 2270. The van der Waals surface area contributed by atoms with E-state index in [1.165, 1.54) is 12.0 Å². The number of carbonyl (C=O) groups is 1. The van der Waals surface area contributed by atoms with Crippen molar-refractivity contribution in [2.45, 2.75) is 80.7 Å². The Hall–Kier alpha value is -5.47. The number of hydrogen-bond donors (Lipinski definition) is 2. The van der Waals surface area contributed by atoms with Crippen molar-refractivity contribution in [2.24, 2.45) is 22.9 Å². The molecule has 0 unspecified atom stereocenters. The molecule has 0 saturated heterocycles. The summed E-state index contributed by atoms with van der Waals surface area (Å²) in [7, 11) is 1.38. The van der Waals surface area contributed by atoms with Gasteiger partial charge < -0.3 is 43.5 Å². The number of fused-ring (bicyclic) bond motifs is 3. The molecule has 12 nitrogen and oxygen atoms in total. The quantitative estimate of drug-likeness (QED) is 0.0338. The second kappa shape index (κ2) is 22.1. The third-order valence-electron chi connectivity index (χ3n) is 12.8. The average molecular weight is 905 g/mol. The van der Waals surface area contributed by atoms with Crippen molar-refractivity contribution in [3.63, 3.8) is 0 Å². The van der Waals surface area contributed by atoms with E-state index in [2.05, 4.69) is 30.9 Å². The van der Waals surface area contributed by atoms with E-state index in [0.29, 0.717) is 42.4 Å². The number of hydrogen-bond acceptors (Lipinski definition) is 12. The summed E-state index contributed by atoms with van der Waals surface area (Å²) in [6.45, 7) is 5.39. The highest BCUT2D eigenvalue weighted by atomic mass is 32.2. The highest BCUT2D eigenvalue weighted by Crippen LogP contribution is 2.62. The van der Waals surface area contributed by atoms with Crippen molar-refractivity contribution in [3.05, 3.63) is 138 Å². The van der Waals surface area contributed by atoms with Crippen molar-refractivity contribution in [1.29, 1.82) is 0 Å². The fourth-order valence-corrected chi connectivity index (χ4v) is 10.7. The van der Waals surface area contributed by atoms with Crippen LogP contribution in [-0.2, 0) is 27.5 Å². The van der Waals surface area contributed by atoms with Gasteiger partial charge in [-0.2, -0.15) is 0 Å². The van der Waals surface area contributed by atoms with Crippen LogP contribution in [0.3, 0.4) is 0 Å². The average Bonchev–Trinajstić information content (AvgIpc) is 3.81. The third-order valence-corrected chi connectivity index (χ3v) is 13.8. The lowest BCUT2D eigenvalue weighted by molar-refractivity contribution is -0.256. The van der Waals surface area contributed by atoms with E-state index in [1.54, 1.807) is 22.7 Å². The number of amides is 1. The Morgan fingerprint density at radius 1 is 0.908 bits per heavy atom. The number of nitrogens with zero attached hydrogens (tertiary/aromatic N) is 2. The van der Waals surface area contributed by atoms with Gasteiger partial charge in [-0.3, -0.25) is 4.90 Å². The lowest BCUT2D eigenvalue weighted by atomic mass is 9.55. The first-order valence-corrected chi connectivity index (χ1v) is 23.7. The van der Waals surface area contributed by atoms with Crippen LogP contribution in [0.15, 0.2) is 131 Å². The minimum absolute atomic E-state index is 0.0536. The SMILES string of the molecule is C=CCO[C@@]12Oc3ccc(OCCSc4ccccc4)cc3[C@H]3[C@H](CCCCO)[C@@H](CCCCO)C=C(C(=NOCc4ccccc4)C[C@@H]1N(Cc1ccc4c(c1)OCO4)C(=O)OC)[C@H]32. The van der Waals surface area contributed by atoms with Crippen LogP contribution >= 0.6 is 11.8 Å². The molecular formula is C52H60N2O10S. The zero-order valence-electron chi connectivity index (χ0n) is 37.1. The van der Waals surface area contributed by atoms with E-state index in [4.69, 9.17) is 38.4 Å². The highest BCUT2D eigenvalue weighted by molar-refractivity contribution is 7.99. The number of methoxy groups -OCH3 is 1. The molecule has 2 N–H and O–H groups in total. The summed E-state index contributed by atoms with van der Waals surface area (Å²) in [5.41, 5.74) is 4.39. The van der Waals surface area contributed by atoms with Crippen LogP contribution in [0.4, 0.5) is 4.79 Å². The van der Waals surface area contributed by atoms with Gasteiger partial charge in [0.2, 0.25) is 12.6 Å². The first-order valence-electron chi connectivity index (χ1n) is 22.7. The molecule has 344 valence electrons. The summed E-state index contributed by atoms with van der Waals surface area (Å²) in [6.07, 6.45) is 8.31. The van der Waals surface area contributed by atoms with Crippen LogP contribution in [0.5, 0.6) is 23.0 Å². The number of rotatable bonds is 22. The Morgan fingerprint density at radius 2 is 1.66 bits per heavy atom. The van der Waals surface area contributed by atoms with Crippen LogP contribution in [0, 0.1) is 17.8 Å². The minimum atomic E-state index is -1.46. The molecule has 2 aliphatic heterocycles. The molecule has 0 aromatic heterocycles. The van der Waals surface area contributed by atoms with Crippen LogP contribution < -0.4 is 18.9 Å². The standard InChI is InChI=1S/C52H60N2O10S/c1-3-26-62-52-48(54(51(57)58-2)33-37-20-22-46-47(29-37)61-35-60-46)32-44(53-63-34-36-14-6-4-7-15-36)42-30-38(16-10-12-24-55)41(19-11-13-25-56)49(50(42)52)43-31-39(21-23-45(43)64-52)59-27-28-65-40-17-8-5-9-18-40/h3-9,14-15,17-18,20-23,29-31,38,41,48-50,55-56H,1,10-13,16,19,24-28,32-35H2,2H3/t38-,41+,48-,49+,50+,52+/m0/s1. The molecule has 4 aliphatic rings. The van der Waals surface area contributed by atoms with Gasteiger partial charge in [-0.05, 0) is 96.7 Å². The summed E-state index contributed by atoms with van der Waals surface area (Å²) in [6, 6.07) is 31.1. The summed E-state index contributed by atoms with van der Waals surface area (Å²) < 4.78 is 38.0. The molecule has 6 atom stereocenters. The molecule has 13 heteroatoms. The van der Waals surface area contributed by atoms with Crippen LogP contribution in [0.25, 0.3) is 0 Å². The number of aliphatic hydroxyl groups excluding tert-OH is 2. The zero-order valence-corrected chi connectivity index (χ0v) is 37.9. The fraction of sp³-hybridized carbons (Fsp3) is 0.423. The Morgan fingerprint density at radius 3 is 2.43 bits per heavy atom. The van der Waals surface area contributed by atoms with E-state index < -0.39 is 23.8 Å². The third kappa shape index (κ3) is 10.5. The second-order valence-corrected chi connectivity index (χ2v) is 18.0. The van der Waals surface area contributed by atoms with Crippen LogP contribution in [0.2, 0.25) is 0 Å². The maximum absolute atomic E-state index is 14.4. The maximum atomic E-state index is 14.4. The van der Waals surface area contributed by atoms with Crippen molar-refractivity contribution in [1.82, 2.24) is 4.90 Å². The molecule has 2 aliphatic carbocycles. The predicted molar refractivity (Wildman–Crippen MR) is 249 cm³/mol. The van der Waals surface area contributed by atoms with Crippen LogP contribution in [0.1, 0.15) is 67.6 Å². The van der Waals surface area contributed by atoms with Crippen molar-refractivity contribution in [3.8, 4) is 23.0 Å². The maximum Gasteiger partial charge on any atom is 0.410 e. The molecule has 0 radical (unpaired) electrons. The predicted octanol–water partition coefficient (Wildman–Crippen LogP) is 9.69. The summed E-state index contributed by atoms with van der Waals surface area (Å²) >= 11 is 1.74. The van der Waals surface area contributed by atoms with Gasteiger partial charge in [0.15, 0.2) is 11.5 Å². The van der Waals surface area contributed by atoms with E-state index >= 15 is 0 Å². The van der Waals surface area contributed by atoms with Gasteiger partial charge in [0, 0.05) is 48.3 Å². The number of carbonyl (C=O) groups excluding carboxylic acids is 1. The van der Waals surface area contributed by atoms with Gasteiger partial charge in [-0.15, -0.1) is 18.3 Å². The topological polar surface area (TPSA) is 138 Å². The van der Waals surface area contributed by atoms with Crippen molar-refractivity contribution < 1.29 is 48.3 Å². The Balaban J connectivity index is 1.27. The van der Waals surface area contributed by atoms with E-state index in [1.807, 2.05) is 78.9 Å². The number of benzene rings is 4. The van der Waals surface area contributed by atoms with Gasteiger partial charge in [-0.1, -0.05) is 84.7 Å². The Kier molecular flexibility index (Phi) is 15.7. The van der Waals surface area contributed by atoms with Gasteiger partial charge in [0.1, 0.15) is 24.1 Å². The number of aliphatic hydroxyl groups is 2. The molecule has 65 heavy (non-hydrogen) atoms. The summed E-state index contributed by atoms with van der Waals surface area (Å²) in [5, 5.41) is 24.9. The summed E-state index contributed by atoms with van der Waals surface area (Å²) in [5.74, 6) is 1.34. The number of oxime groups is 1. The first-order chi connectivity index (χ1) is 32.0. The molecule has 0 spiro atoms. The van der Waals surface area contributed by atoms with E-state index in [0.717, 1.165) is 59.4 Å². The molecule has 2 heterocycles. The van der Waals surface area contributed by atoms with Gasteiger partial charge in [0.05, 0.1) is 32.0 Å². The number of allylic oxidation sites excluding steroid dienone is 1. The Labute approximate surface area is 386 Å². The van der Waals surface area contributed by atoms with Gasteiger partial charge in [-0.25, -0.2) is 4.79 Å². The van der Waals surface area contributed by atoms with E-state index in [9.17, 15) is 15.0 Å². The zero-order chi connectivity index (χ0) is 45.0. The minimum Gasteiger partial charge on any atom is -0.493 e. The largest absolute Gasteiger partial charge is 0.493 e. The van der Waals surface area contributed by atoms with Crippen LogP contribution in [-0.4, -0.2) is 84.8 Å². The monoisotopic (exact) mass is 904 g/mol. The van der Waals surface area contributed by atoms with Crippen molar-refractivity contribution >= 4 is 23.6 Å². The number of ether oxygens (including phenoxy) is 6. The molecule has 4 aromatic rings. The molecule has 1 amide bonds. The van der Waals surface area contributed by atoms with Gasteiger partial charge in [0.25, 0.3) is 0 Å². The van der Waals surface area contributed by atoms with Gasteiger partial charge >= 0.3 is 6.09 Å². The lowest BCUT2D eigenvalue weighted by Gasteiger charge is -2.59. The molecule has 4 aromatic carbocycles. The smallest absolute Gasteiger partial charge is 0.410 e.